The van der Waals surface area contributed by atoms with E-state index in [2.05, 4.69) is 4.90 Å². The highest BCUT2D eigenvalue weighted by Gasteiger charge is 2.22. The topological polar surface area (TPSA) is 62.2 Å². The maximum atomic E-state index is 10.7. The van der Waals surface area contributed by atoms with Crippen molar-refractivity contribution in [3.63, 3.8) is 0 Å². The summed E-state index contributed by atoms with van der Waals surface area (Å²) in [5, 5.41) is 9.88. The molecule has 1 aromatic rings. The van der Waals surface area contributed by atoms with Crippen LogP contribution in [0, 0.1) is 0 Å². The molecule has 0 bridgehead atoms. The number of halogens is 2. The Bertz CT molecular complexity index is 559. The average molecular weight is 377 g/mol. The third-order valence-electron chi connectivity index (χ3n) is 3.70. The lowest BCUT2D eigenvalue weighted by molar-refractivity contribution is -0.138. The molecule has 6 nitrogen and oxygen atoms in total. The van der Waals surface area contributed by atoms with E-state index in [-0.39, 0.29) is 12.6 Å². The van der Waals surface area contributed by atoms with Crippen molar-refractivity contribution >= 4 is 29.2 Å². The first-order chi connectivity index (χ1) is 11.4. The number of rotatable bonds is 8. The Morgan fingerprint density at radius 1 is 1.50 bits per heavy atom. The van der Waals surface area contributed by atoms with Crippen molar-refractivity contribution in [1.29, 1.82) is 0 Å². The van der Waals surface area contributed by atoms with Crippen molar-refractivity contribution in [3.8, 4) is 5.75 Å². The first kappa shape index (κ1) is 19.3. The Kier molecular flexibility index (Phi) is 7.58. The van der Waals surface area contributed by atoms with E-state index in [1.165, 1.54) is 0 Å². The van der Waals surface area contributed by atoms with Crippen LogP contribution >= 0.6 is 23.2 Å². The second-order valence-corrected chi connectivity index (χ2v) is 6.65. The number of morpholine rings is 1. The summed E-state index contributed by atoms with van der Waals surface area (Å²) in [6, 6.07) is 5.15. The molecule has 1 atom stereocenters. The number of hydrogen-bond donors (Lipinski definition) is 1. The Balaban J connectivity index is 1.73. The number of likely N-dealkylation sites (N-methyl/N-ethyl adjacent to an activating group) is 1. The zero-order chi connectivity index (χ0) is 17.5. The second kappa shape index (κ2) is 9.44. The Hall–Kier alpha value is -1.05. The highest BCUT2D eigenvalue weighted by molar-refractivity contribution is 6.35. The van der Waals surface area contributed by atoms with E-state index >= 15 is 0 Å². The number of hydrogen-bond acceptors (Lipinski definition) is 5. The molecular formula is C16H22Cl2N2O4. The van der Waals surface area contributed by atoms with Crippen molar-refractivity contribution < 1.29 is 19.4 Å². The summed E-state index contributed by atoms with van der Waals surface area (Å²) in [4.78, 5) is 14.7. The van der Waals surface area contributed by atoms with Gasteiger partial charge in [0.25, 0.3) is 0 Å². The zero-order valence-corrected chi connectivity index (χ0v) is 15.1. The van der Waals surface area contributed by atoms with E-state index in [0.29, 0.717) is 35.6 Å². The molecule has 1 heterocycles. The number of nitrogens with zero attached hydrogens (tertiary/aromatic N) is 2. The fourth-order valence-corrected chi connectivity index (χ4v) is 3.08. The van der Waals surface area contributed by atoms with Gasteiger partial charge in [-0.3, -0.25) is 14.6 Å². The summed E-state index contributed by atoms with van der Waals surface area (Å²) in [7, 11) is 1.78. The molecule has 0 aliphatic carbocycles. The maximum Gasteiger partial charge on any atom is 0.317 e. The van der Waals surface area contributed by atoms with Crippen molar-refractivity contribution in [3.05, 3.63) is 28.2 Å². The number of ether oxygens (including phenoxy) is 2. The average Bonchev–Trinajstić information content (AvgIpc) is 2.49. The number of carboxylic acid groups (broad SMARTS) is 1. The van der Waals surface area contributed by atoms with Crippen LogP contribution in [0.15, 0.2) is 18.2 Å². The summed E-state index contributed by atoms with van der Waals surface area (Å²) >= 11 is 11.9. The van der Waals surface area contributed by atoms with Gasteiger partial charge in [-0.25, -0.2) is 0 Å². The predicted molar refractivity (Wildman–Crippen MR) is 93.3 cm³/mol. The molecule has 0 radical (unpaired) electrons. The van der Waals surface area contributed by atoms with Gasteiger partial charge in [-0.15, -0.1) is 0 Å². The third kappa shape index (κ3) is 6.45. The van der Waals surface area contributed by atoms with Crippen LogP contribution in [-0.4, -0.2) is 80.0 Å². The number of carbonyl (C=O) groups is 1. The molecule has 1 fully saturated rings. The van der Waals surface area contributed by atoms with Gasteiger partial charge < -0.3 is 14.6 Å². The summed E-state index contributed by atoms with van der Waals surface area (Å²) in [6.45, 7) is 4.08. The minimum atomic E-state index is -0.835. The van der Waals surface area contributed by atoms with Gasteiger partial charge in [0, 0.05) is 31.2 Å². The number of aliphatic carboxylic acids is 1. The number of benzene rings is 1. The normalized spacial score (nSPS) is 18.8. The van der Waals surface area contributed by atoms with Gasteiger partial charge in [-0.05, 0) is 25.2 Å². The van der Waals surface area contributed by atoms with Gasteiger partial charge >= 0.3 is 5.97 Å². The van der Waals surface area contributed by atoms with Gasteiger partial charge in [0.2, 0.25) is 0 Å². The van der Waals surface area contributed by atoms with Crippen LogP contribution in [0.25, 0.3) is 0 Å². The summed E-state index contributed by atoms with van der Waals surface area (Å²) in [6.07, 6.45) is 0.00206. The van der Waals surface area contributed by atoms with E-state index in [4.69, 9.17) is 37.8 Å². The fourth-order valence-electron chi connectivity index (χ4n) is 2.61. The van der Waals surface area contributed by atoms with Crippen molar-refractivity contribution in [2.45, 2.75) is 6.10 Å². The monoisotopic (exact) mass is 376 g/mol. The van der Waals surface area contributed by atoms with Gasteiger partial charge in [0.1, 0.15) is 12.4 Å². The van der Waals surface area contributed by atoms with Crippen molar-refractivity contribution in [2.24, 2.45) is 0 Å². The molecule has 0 aromatic heterocycles. The summed E-state index contributed by atoms with van der Waals surface area (Å²) < 4.78 is 11.4. The molecule has 1 aromatic carbocycles. The van der Waals surface area contributed by atoms with E-state index in [1.54, 1.807) is 30.1 Å². The van der Waals surface area contributed by atoms with Gasteiger partial charge in [0.15, 0.2) is 0 Å². The zero-order valence-electron chi connectivity index (χ0n) is 13.6. The van der Waals surface area contributed by atoms with Crippen molar-refractivity contribution in [2.75, 3.05) is 53.0 Å². The van der Waals surface area contributed by atoms with Gasteiger partial charge in [-0.1, -0.05) is 23.2 Å². The molecule has 8 heteroatoms. The minimum Gasteiger partial charge on any atom is -0.491 e. The molecule has 1 aliphatic heterocycles. The molecule has 1 N–H and O–H groups in total. The quantitative estimate of drug-likeness (QED) is 0.749. The van der Waals surface area contributed by atoms with Crippen LogP contribution in [0.2, 0.25) is 10.0 Å². The summed E-state index contributed by atoms with van der Waals surface area (Å²) in [5.74, 6) is -0.217. The Labute approximate surface area is 151 Å². The first-order valence-corrected chi connectivity index (χ1v) is 8.52. The molecule has 1 aliphatic rings. The third-order valence-corrected chi connectivity index (χ3v) is 4.23. The smallest absolute Gasteiger partial charge is 0.317 e. The molecule has 24 heavy (non-hydrogen) atoms. The SMILES string of the molecule is CN(CC(=O)O)CC1CN(CCOc2ccc(Cl)cc2Cl)CCO1. The van der Waals surface area contributed by atoms with E-state index in [0.717, 1.165) is 19.6 Å². The standard InChI is InChI=1S/C16H22Cl2N2O4/c1-19(11-16(21)22)9-13-10-20(4-6-23-13)5-7-24-15-3-2-12(17)8-14(15)18/h2-3,8,13H,4-7,9-11H2,1H3,(H,21,22). The molecular weight excluding hydrogens is 355 g/mol. The lowest BCUT2D eigenvalue weighted by Crippen LogP contribution is -2.48. The van der Waals surface area contributed by atoms with Crippen LogP contribution in [0.5, 0.6) is 5.75 Å². The van der Waals surface area contributed by atoms with Crippen LogP contribution in [0.1, 0.15) is 0 Å². The predicted octanol–water partition coefficient (Wildman–Crippen LogP) is 2.09. The molecule has 2 rings (SSSR count). The Morgan fingerprint density at radius 2 is 2.29 bits per heavy atom. The van der Waals surface area contributed by atoms with Crippen molar-refractivity contribution in [1.82, 2.24) is 9.80 Å². The molecule has 0 saturated carbocycles. The second-order valence-electron chi connectivity index (χ2n) is 5.81. The lowest BCUT2D eigenvalue weighted by atomic mass is 10.2. The Morgan fingerprint density at radius 3 is 3.00 bits per heavy atom. The largest absolute Gasteiger partial charge is 0.491 e. The molecule has 134 valence electrons. The van der Waals surface area contributed by atoms with E-state index in [1.807, 2.05) is 0 Å². The number of carboxylic acids is 1. The van der Waals surface area contributed by atoms with Crippen LogP contribution in [0.4, 0.5) is 0 Å². The summed E-state index contributed by atoms with van der Waals surface area (Å²) in [5.41, 5.74) is 0. The van der Waals surface area contributed by atoms with E-state index < -0.39 is 5.97 Å². The van der Waals surface area contributed by atoms with Gasteiger partial charge in [0.05, 0.1) is 24.3 Å². The fraction of sp³-hybridized carbons (Fsp3) is 0.562. The maximum absolute atomic E-state index is 10.7. The highest BCUT2D eigenvalue weighted by atomic mass is 35.5. The molecule has 1 unspecified atom stereocenters. The molecule has 0 spiro atoms. The van der Waals surface area contributed by atoms with E-state index in [9.17, 15) is 4.79 Å². The minimum absolute atomic E-state index is 0.00206. The van der Waals surface area contributed by atoms with Crippen LogP contribution in [0.3, 0.4) is 0 Å². The highest BCUT2D eigenvalue weighted by Crippen LogP contribution is 2.27. The van der Waals surface area contributed by atoms with Gasteiger partial charge in [-0.2, -0.15) is 0 Å². The van der Waals surface area contributed by atoms with Crippen LogP contribution in [-0.2, 0) is 9.53 Å². The molecule has 1 saturated heterocycles. The molecule has 0 amide bonds. The van der Waals surface area contributed by atoms with Crippen LogP contribution < -0.4 is 4.74 Å². The first-order valence-electron chi connectivity index (χ1n) is 7.76. The lowest BCUT2D eigenvalue weighted by Gasteiger charge is -2.34.